The van der Waals surface area contributed by atoms with Gasteiger partial charge < -0.3 is 10.2 Å². The molecule has 0 unspecified atom stereocenters. The maximum atomic E-state index is 12.3. The van der Waals surface area contributed by atoms with Gasteiger partial charge in [0.15, 0.2) is 5.82 Å². The molecule has 1 aliphatic rings. The van der Waals surface area contributed by atoms with Gasteiger partial charge in [0.05, 0.1) is 6.54 Å². The predicted molar refractivity (Wildman–Crippen MR) is 83.6 cm³/mol. The van der Waals surface area contributed by atoms with Crippen molar-refractivity contribution in [2.45, 2.75) is 19.4 Å². The van der Waals surface area contributed by atoms with Gasteiger partial charge in [-0.25, -0.2) is 0 Å². The van der Waals surface area contributed by atoms with E-state index < -0.39 is 0 Å². The van der Waals surface area contributed by atoms with E-state index in [-0.39, 0.29) is 30.7 Å². The maximum Gasteiger partial charge on any atom is 0.224 e. The van der Waals surface area contributed by atoms with Gasteiger partial charge >= 0.3 is 0 Å². The summed E-state index contributed by atoms with van der Waals surface area (Å²) >= 11 is 0. The van der Waals surface area contributed by atoms with Crippen LogP contribution in [0.4, 0.5) is 0 Å². The first kappa shape index (κ1) is 15.2. The van der Waals surface area contributed by atoms with E-state index in [0.29, 0.717) is 18.8 Å². The van der Waals surface area contributed by atoms with Gasteiger partial charge in [0, 0.05) is 31.6 Å². The normalized spacial score (nSPS) is 18.0. The zero-order chi connectivity index (χ0) is 16.2. The minimum absolute atomic E-state index is 0.0175. The fourth-order valence-electron chi connectivity index (χ4n) is 2.66. The van der Waals surface area contributed by atoms with E-state index in [9.17, 15) is 9.59 Å². The number of aromatic nitrogens is 3. The standard InChI is InChI=1S/C16H19N5O2/c1-20-8-7-12(9-15(20)22)16(23)17-10-14-19-18-11-21(14)13-5-3-2-4-6-13/h2-6,11-12H,7-10H2,1H3,(H,17,23)/t12-/m1/s1. The summed E-state index contributed by atoms with van der Waals surface area (Å²) in [5.41, 5.74) is 0.941. The molecule has 1 aromatic carbocycles. The average molecular weight is 313 g/mol. The average Bonchev–Trinajstić information content (AvgIpc) is 3.04. The number of nitrogens with one attached hydrogen (secondary N) is 1. The summed E-state index contributed by atoms with van der Waals surface area (Å²) in [5, 5.41) is 10.8. The molecule has 23 heavy (non-hydrogen) atoms. The number of likely N-dealkylation sites (tertiary alicyclic amines) is 1. The van der Waals surface area contributed by atoms with Crippen molar-refractivity contribution in [3.8, 4) is 5.69 Å². The highest BCUT2D eigenvalue weighted by Gasteiger charge is 2.28. The van der Waals surface area contributed by atoms with Crippen LogP contribution in [0.25, 0.3) is 5.69 Å². The molecule has 1 fully saturated rings. The zero-order valence-electron chi connectivity index (χ0n) is 13.0. The van der Waals surface area contributed by atoms with Crippen molar-refractivity contribution in [1.29, 1.82) is 0 Å². The van der Waals surface area contributed by atoms with E-state index in [4.69, 9.17) is 0 Å². The maximum absolute atomic E-state index is 12.3. The van der Waals surface area contributed by atoms with Crippen LogP contribution in [0.15, 0.2) is 36.7 Å². The van der Waals surface area contributed by atoms with Gasteiger partial charge in [0.1, 0.15) is 6.33 Å². The topological polar surface area (TPSA) is 80.1 Å². The van der Waals surface area contributed by atoms with Crippen molar-refractivity contribution in [3.63, 3.8) is 0 Å². The molecule has 7 heteroatoms. The van der Waals surface area contributed by atoms with Crippen molar-refractivity contribution in [3.05, 3.63) is 42.5 Å². The Morgan fingerprint density at radius 3 is 2.87 bits per heavy atom. The molecule has 2 heterocycles. The summed E-state index contributed by atoms with van der Waals surface area (Å²) in [5.74, 6) is 0.313. The van der Waals surface area contributed by atoms with Crippen molar-refractivity contribution in [2.24, 2.45) is 5.92 Å². The third-order valence-corrected chi connectivity index (χ3v) is 4.10. The SMILES string of the molecule is CN1CC[C@@H](C(=O)NCc2nncn2-c2ccccc2)CC1=O. The Labute approximate surface area is 134 Å². The van der Waals surface area contributed by atoms with Gasteiger partial charge in [0.25, 0.3) is 0 Å². The zero-order valence-corrected chi connectivity index (χ0v) is 13.0. The number of rotatable bonds is 4. The molecule has 0 spiro atoms. The van der Waals surface area contributed by atoms with Crippen LogP contribution in [0.5, 0.6) is 0 Å². The summed E-state index contributed by atoms with van der Waals surface area (Å²) in [6.07, 6.45) is 2.59. The molecule has 2 amide bonds. The van der Waals surface area contributed by atoms with Crippen molar-refractivity contribution in [1.82, 2.24) is 25.0 Å². The van der Waals surface area contributed by atoms with Gasteiger partial charge in [-0.2, -0.15) is 0 Å². The molecule has 3 rings (SSSR count). The summed E-state index contributed by atoms with van der Waals surface area (Å²) in [6, 6.07) is 9.70. The largest absolute Gasteiger partial charge is 0.349 e. The number of para-hydroxylation sites is 1. The number of piperidine rings is 1. The number of amides is 2. The highest BCUT2D eigenvalue weighted by Crippen LogP contribution is 2.17. The van der Waals surface area contributed by atoms with Crippen LogP contribution in [0, 0.1) is 5.92 Å². The second-order valence-electron chi connectivity index (χ2n) is 5.68. The number of benzene rings is 1. The van der Waals surface area contributed by atoms with Crippen LogP contribution in [-0.4, -0.2) is 45.1 Å². The first-order valence-corrected chi connectivity index (χ1v) is 7.61. The number of carbonyl (C=O) groups excluding carboxylic acids is 2. The fraction of sp³-hybridized carbons (Fsp3) is 0.375. The lowest BCUT2D eigenvalue weighted by molar-refractivity contribution is -0.139. The van der Waals surface area contributed by atoms with E-state index in [1.165, 1.54) is 0 Å². The number of hydrogen-bond donors (Lipinski definition) is 1. The molecule has 0 bridgehead atoms. The Balaban J connectivity index is 1.62. The van der Waals surface area contributed by atoms with Gasteiger partial charge in [-0.1, -0.05) is 18.2 Å². The summed E-state index contributed by atoms with van der Waals surface area (Å²) in [6.45, 7) is 0.908. The van der Waals surface area contributed by atoms with Crippen LogP contribution in [0.2, 0.25) is 0 Å². The Bertz CT molecular complexity index is 698. The smallest absolute Gasteiger partial charge is 0.224 e. The third-order valence-electron chi connectivity index (χ3n) is 4.10. The van der Waals surface area contributed by atoms with Crippen LogP contribution >= 0.6 is 0 Å². The number of hydrogen-bond acceptors (Lipinski definition) is 4. The van der Waals surface area contributed by atoms with Crippen LogP contribution in [0.1, 0.15) is 18.7 Å². The lowest BCUT2D eigenvalue weighted by Crippen LogP contribution is -2.42. The van der Waals surface area contributed by atoms with Crippen LogP contribution < -0.4 is 5.32 Å². The van der Waals surface area contributed by atoms with E-state index in [1.54, 1.807) is 18.3 Å². The Hall–Kier alpha value is -2.70. The molecule has 0 saturated carbocycles. The van der Waals surface area contributed by atoms with E-state index in [1.807, 2.05) is 34.9 Å². The quantitative estimate of drug-likeness (QED) is 0.903. The fourth-order valence-corrected chi connectivity index (χ4v) is 2.66. The summed E-state index contributed by atoms with van der Waals surface area (Å²) in [4.78, 5) is 25.6. The van der Waals surface area contributed by atoms with Gasteiger partial charge in [-0.3, -0.25) is 14.2 Å². The van der Waals surface area contributed by atoms with Crippen LogP contribution in [-0.2, 0) is 16.1 Å². The van der Waals surface area contributed by atoms with Crippen LogP contribution in [0.3, 0.4) is 0 Å². The summed E-state index contributed by atoms with van der Waals surface area (Å²) < 4.78 is 1.83. The van der Waals surface area contributed by atoms with Gasteiger partial charge in [0.2, 0.25) is 11.8 Å². The minimum Gasteiger partial charge on any atom is -0.349 e. The molecule has 120 valence electrons. The first-order chi connectivity index (χ1) is 11.1. The number of nitrogens with zero attached hydrogens (tertiary/aromatic N) is 4. The molecule has 2 aromatic rings. The van der Waals surface area contributed by atoms with Crippen molar-refractivity contribution >= 4 is 11.8 Å². The second-order valence-corrected chi connectivity index (χ2v) is 5.68. The lowest BCUT2D eigenvalue weighted by Gasteiger charge is -2.27. The molecule has 1 N–H and O–H groups in total. The van der Waals surface area contributed by atoms with Gasteiger partial charge in [-0.05, 0) is 18.6 Å². The van der Waals surface area contributed by atoms with E-state index in [0.717, 1.165) is 5.69 Å². The Kier molecular flexibility index (Phi) is 4.36. The highest BCUT2D eigenvalue weighted by atomic mass is 16.2. The van der Waals surface area contributed by atoms with Crippen molar-refractivity contribution < 1.29 is 9.59 Å². The number of carbonyl (C=O) groups is 2. The minimum atomic E-state index is -0.258. The molecule has 1 aliphatic heterocycles. The molecule has 0 radical (unpaired) electrons. The molecule has 1 atom stereocenters. The monoisotopic (exact) mass is 313 g/mol. The molecule has 1 aromatic heterocycles. The van der Waals surface area contributed by atoms with E-state index in [2.05, 4.69) is 15.5 Å². The van der Waals surface area contributed by atoms with Crippen molar-refractivity contribution in [2.75, 3.05) is 13.6 Å². The molecular weight excluding hydrogens is 294 g/mol. The summed E-state index contributed by atoms with van der Waals surface area (Å²) in [7, 11) is 1.76. The molecule has 7 nitrogen and oxygen atoms in total. The molecule has 0 aliphatic carbocycles. The predicted octanol–water partition coefficient (Wildman–Crippen LogP) is 0.752. The molecular formula is C16H19N5O2. The second kappa shape index (κ2) is 6.60. The molecule has 1 saturated heterocycles. The Morgan fingerprint density at radius 2 is 2.13 bits per heavy atom. The first-order valence-electron chi connectivity index (χ1n) is 7.61. The van der Waals surface area contributed by atoms with E-state index >= 15 is 0 Å². The van der Waals surface area contributed by atoms with Gasteiger partial charge in [-0.15, -0.1) is 10.2 Å². The third kappa shape index (κ3) is 3.39. The lowest BCUT2D eigenvalue weighted by atomic mass is 9.96. The highest BCUT2D eigenvalue weighted by molar-refractivity contribution is 5.86. The Morgan fingerprint density at radius 1 is 1.35 bits per heavy atom.